The highest BCUT2D eigenvalue weighted by molar-refractivity contribution is 5.83. The van der Waals surface area contributed by atoms with Gasteiger partial charge in [0.25, 0.3) is 0 Å². The molecule has 20 heavy (non-hydrogen) atoms. The summed E-state index contributed by atoms with van der Waals surface area (Å²) in [7, 11) is 1.73. The van der Waals surface area contributed by atoms with Gasteiger partial charge in [-0.2, -0.15) is 0 Å². The second-order valence-electron chi connectivity index (χ2n) is 6.97. The molecule has 0 aliphatic heterocycles. The average Bonchev–Trinajstić information content (AvgIpc) is 2.53. The Balaban J connectivity index is 2.64. The Morgan fingerprint density at radius 1 is 1.30 bits per heavy atom. The molecule has 0 spiro atoms. The van der Waals surface area contributed by atoms with E-state index in [0.29, 0.717) is 18.3 Å². The van der Waals surface area contributed by atoms with Gasteiger partial charge in [0.2, 0.25) is 5.88 Å². The van der Waals surface area contributed by atoms with Crippen LogP contribution in [0.1, 0.15) is 41.5 Å². The number of ether oxygens (including phenoxy) is 2. The van der Waals surface area contributed by atoms with Crippen molar-refractivity contribution in [1.82, 2.24) is 9.78 Å². The van der Waals surface area contributed by atoms with Crippen LogP contribution < -0.4 is 10.1 Å². The summed E-state index contributed by atoms with van der Waals surface area (Å²) < 4.78 is 12.3. The van der Waals surface area contributed by atoms with E-state index in [1.807, 2.05) is 20.8 Å². The van der Waals surface area contributed by atoms with Crippen LogP contribution in [0.4, 0.5) is 10.6 Å². The molecule has 0 saturated heterocycles. The number of hydrogen-bond acceptors (Lipinski definition) is 4. The highest BCUT2D eigenvalue weighted by atomic mass is 16.6. The number of aryl methyl sites for hydroxylation is 1. The van der Waals surface area contributed by atoms with Crippen LogP contribution in [0.25, 0.3) is 0 Å². The Labute approximate surface area is 120 Å². The molecule has 114 valence electrons. The maximum absolute atomic E-state index is 11.7. The Kier molecular flexibility index (Phi) is 4.68. The zero-order valence-electron chi connectivity index (χ0n) is 13.4. The molecule has 1 aromatic heterocycles. The molecule has 0 saturated carbocycles. The van der Waals surface area contributed by atoms with Crippen molar-refractivity contribution in [3.63, 3.8) is 0 Å². The van der Waals surface area contributed by atoms with E-state index in [2.05, 4.69) is 31.2 Å². The van der Waals surface area contributed by atoms with E-state index < -0.39 is 11.7 Å². The van der Waals surface area contributed by atoms with Crippen molar-refractivity contribution in [2.75, 3.05) is 11.9 Å². The first-order valence-electron chi connectivity index (χ1n) is 6.63. The smallest absolute Gasteiger partial charge is 0.413 e. The van der Waals surface area contributed by atoms with Gasteiger partial charge in [0, 0.05) is 13.1 Å². The van der Waals surface area contributed by atoms with Crippen molar-refractivity contribution in [3.8, 4) is 5.88 Å². The number of hydrogen-bond donors (Lipinski definition) is 1. The molecule has 0 aromatic carbocycles. The number of rotatable bonds is 3. The fraction of sp³-hybridized carbons (Fsp3) is 0.714. The topological polar surface area (TPSA) is 65.4 Å². The molecule has 0 aliphatic carbocycles. The van der Waals surface area contributed by atoms with Crippen LogP contribution in [0.5, 0.6) is 5.88 Å². The molecule has 1 heterocycles. The summed E-state index contributed by atoms with van der Waals surface area (Å²) in [6, 6.07) is 1.68. The lowest BCUT2D eigenvalue weighted by atomic mass is 9.99. The third kappa shape index (κ3) is 5.95. The molecule has 0 radical (unpaired) electrons. The van der Waals surface area contributed by atoms with E-state index in [-0.39, 0.29) is 5.41 Å². The lowest BCUT2D eigenvalue weighted by molar-refractivity contribution is 0.0634. The van der Waals surface area contributed by atoms with Gasteiger partial charge in [-0.05, 0) is 26.2 Å². The minimum absolute atomic E-state index is 0.0519. The summed E-state index contributed by atoms with van der Waals surface area (Å²) in [5.41, 5.74) is -0.482. The number of carbonyl (C=O) groups excluding carboxylic acids is 1. The molecular weight excluding hydrogens is 258 g/mol. The molecule has 0 bridgehead atoms. The van der Waals surface area contributed by atoms with Crippen LogP contribution in [-0.2, 0) is 11.8 Å². The number of anilines is 1. The number of aromatic nitrogens is 2. The Bertz CT molecular complexity index is 467. The molecule has 1 amide bonds. The number of amides is 1. The maximum atomic E-state index is 11.7. The fourth-order valence-electron chi connectivity index (χ4n) is 1.33. The van der Waals surface area contributed by atoms with E-state index in [1.54, 1.807) is 17.8 Å². The predicted molar refractivity (Wildman–Crippen MR) is 78.0 cm³/mol. The summed E-state index contributed by atoms with van der Waals surface area (Å²) in [4.78, 5) is 11.7. The highest BCUT2D eigenvalue weighted by Gasteiger charge is 2.18. The minimum Gasteiger partial charge on any atom is -0.476 e. The van der Waals surface area contributed by atoms with Crippen molar-refractivity contribution < 1.29 is 14.3 Å². The van der Waals surface area contributed by atoms with Crippen molar-refractivity contribution >= 4 is 11.9 Å². The van der Waals surface area contributed by atoms with Gasteiger partial charge in [-0.15, -0.1) is 5.10 Å². The van der Waals surface area contributed by atoms with Crippen LogP contribution in [0.2, 0.25) is 0 Å². The van der Waals surface area contributed by atoms with Gasteiger partial charge in [-0.3, -0.25) is 5.32 Å². The van der Waals surface area contributed by atoms with Crippen LogP contribution in [0.15, 0.2) is 6.07 Å². The minimum atomic E-state index is -0.533. The first kappa shape index (κ1) is 16.3. The van der Waals surface area contributed by atoms with Crippen LogP contribution in [-0.4, -0.2) is 28.1 Å². The van der Waals surface area contributed by atoms with Gasteiger partial charge in [0.1, 0.15) is 11.4 Å². The Morgan fingerprint density at radius 3 is 2.40 bits per heavy atom. The Morgan fingerprint density at radius 2 is 1.90 bits per heavy atom. The van der Waals surface area contributed by atoms with Gasteiger partial charge in [-0.1, -0.05) is 20.8 Å². The molecule has 0 fully saturated rings. The van der Waals surface area contributed by atoms with Crippen molar-refractivity contribution in [2.24, 2.45) is 12.5 Å². The SMILES string of the molecule is Cn1nc(OCC(C)(C)C)cc1NC(=O)OC(C)(C)C. The first-order valence-corrected chi connectivity index (χ1v) is 6.63. The van der Waals surface area contributed by atoms with E-state index in [0.717, 1.165) is 0 Å². The third-order valence-electron chi connectivity index (χ3n) is 2.14. The number of nitrogens with zero attached hydrogens (tertiary/aromatic N) is 2. The van der Waals surface area contributed by atoms with E-state index in [1.165, 1.54) is 0 Å². The first-order chi connectivity index (χ1) is 8.96. The van der Waals surface area contributed by atoms with Gasteiger partial charge in [0.15, 0.2) is 0 Å². The largest absolute Gasteiger partial charge is 0.476 e. The lowest BCUT2D eigenvalue weighted by Gasteiger charge is -2.19. The van der Waals surface area contributed by atoms with Gasteiger partial charge in [-0.25, -0.2) is 9.48 Å². The summed E-state index contributed by atoms with van der Waals surface area (Å²) in [6.07, 6.45) is -0.511. The standard InChI is InChI=1S/C14H25N3O3/c1-13(2,3)9-19-11-8-10(17(7)16-11)15-12(18)20-14(4,5)6/h8H,9H2,1-7H3,(H,15,18). The summed E-state index contributed by atoms with van der Waals surface area (Å²) >= 11 is 0. The molecule has 1 aromatic rings. The second-order valence-corrected chi connectivity index (χ2v) is 6.97. The molecule has 0 atom stereocenters. The van der Waals surface area contributed by atoms with Crippen LogP contribution in [0.3, 0.4) is 0 Å². The summed E-state index contributed by atoms with van der Waals surface area (Å²) in [5, 5.41) is 6.83. The van der Waals surface area contributed by atoms with E-state index >= 15 is 0 Å². The van der Waals surface area contributed by atoms with Crippen LogP contribution >= 0.6 is 0 Å². The van der Waals surface area contributed by atoms with Gasteiger partial charge in [0.05, 0.1) is 6.61 Å². The number of carbonyl (C=O) groups is 1. The van der Waals surface area contributed by atoms with Gasteiger partial charge < -0.3 is 9.47 Å². The second kappa shape index (κ2) is 5.73. The molecule has 1 rings (SSSR count). The zero-order chi connectivity index (χ0) is 15.6. The normalized spacial score (nSPS) is 12.2. The molecular formula is C14H25N3O3. The molecule has 0 unspecified atom stereocenters. The predicted octanol–water partition coefficient (Wildman–Crippen LogP) is 3.19. The molecule has 1 N–H and O–H groups in total. The quantitative estimate of drug-likeness (QED) is 0.925. The van der Waals surface area contributed by atoms with Crippen LogP contribution in [0, 0.1) is 5.41 Å². The summed E-state index contributed by atoms with van der Waals surface area (Å²) in [6.45, 7) is 12.2. The van der Waals surface area contributed by atoms with E-state index in [4.69, 9.17) is 9.47 Å². The average molecular weight is 283 g/mol. The van der Waals surface area contributed by atoms with E-state index in [9.17, 15) is 4.79 Å². The molecule has 6 nitrogen and oxygen atoms in total. The lowest BCUT2D eigenvalue weighted by Crippen LogP contribution is -2.27. The Hall–Kier alpha value is -1.72. The monoisotopic (exact) mass is 283 g/mol. The molecule has 6 heteroatoms. The fourth-order valence-corrected chi connectivity index (χ4v) is 1.33. The molecule has 0 aliphatic rings. The maximum Gasteiger partial charge on any atom is 0.413 e. The van der Waals surface area contributed by atoms with Crippen molar-refractivity contribution in [1.29, 1.82) is 0 Å². The summed E-state index contributed by atoms with van der Waals surface area (Å²) in [5.74, 6) is 1.01. The van der Waals surface area contributed by atoms with Gasteiger partial charge >= 0.3 is 6.09 Å². The van der Waals surface area contributed by atoms with Crippen molar-refractivity contribution in [2.45, 2.75) is 47.1 Å². The number of nitrogens with one attached hydrogen (secondary N) is 1. The third-order valence-corrected chi connectivity index (χ3v) is 2.14. The highest BCUT2D eigenvalue weighted by Crippen LogP contribution is 2.20. The zero-order valence-corrected chi connectivity index (χ0v) is 13.4. The van der Waals surface area contributed by atoms with Crippen molar-refractivity contribution in [3.05, 3.63) is 6.07 Å².